The van der Waals surface area contributed by atoms with Crippen LogP contribution in [0.2, 0.25) is 0 Å². The monoisotopic (exact) mass is 413 g/mol. The van der Waals surface area contributed by atoms with Crippen LogP contribution in [0.25, 0.3) is 0 Å². The van der Waals surface area contributed by atoms with E-state index in [2.05, 4.69) is 4.98 Å². The van der Waals surface area contributed by atoms with E-state index >= 15 is 0 Å². The highest BCUT2D eigenvalue weighted by atomic mass is 32.2. The van der Waals surface area contributed by atoms with Crippen molar-refractivity contribution in [2.24, 2.45) is 0 Å². The van der Waals surface area contributed by atoms with Gasteiger partial charge in [0, 0.05) is 50.8 Å². The Bertz CT molecular complexity index is 769. The number of carbonyl (C=O) groups excluding carboxylic acids is 1. The molecule has 0 saturated carbocycles. The largest absolute Gasteiger partial charge is 0.492 e. The molecule has 0 atom stereocenters. The summed E-state index contributed by atoms with van der Waals surface area (Å²) in [4.78, 5) is 16.8. The molecule has 9 nitrogen and oxygen atoms in total. The van der Waals surface area contributed by atoms with Crippen molar-refractivity contribution in [2.75, 3.05) is 32.9 Å². The fourth-order valence-electron chi connectivity index (χ4n) is 3.93. The van der Waals surface area contributed by atoms with Gasteiger partial charge in [-0.3, -0.25) is 15.0 Å². The first-order valence-electron chi connectivity index (χ1n) is 9.55. The summed E-state index contributed by atoms with van der Waals surface area (Å²) in [6, 6.07) is 3.79. The van der Waals surface area contributed by atoms with Gasteiger partial charge in [0.2, 0.25) is 10.0 Å². The van der Waals surface area contributed by atoms with Crippen molar-refractivity contribution in [3.63, 3.8) is 0 Å². The van der Waals surface area contributed by atoms with Gasteiger partial charge in [-0.15, -0.1) is 0 Å². The van der Waals surface area contributed by atoms with E-state index in [1.807, 2.05) is 19.1 Å². The van der Waals surface area contributed by atoms with Crippen molar-refractivity contribution < 1.29 is 27.9 Å². The lowest BCUT2D eigenvalue weighted by atomic mass is 9.94. The van der Waals surface area contributed by atoms with E-state index in [0.717, 1.165) is 5.69 Å². The Labute approximate surface area is 165 Å². The van der Waals surface area contributed by atoms with Crippen molar-refractivity contribution in [1.82, 2.24) is 14.8 Å². The second-order valence-electron chi connectivity index (χ2n) is 7.08. The molecule has 1 aromatic rings. The summed E-state index contributed by atoms with van der Waals surface area (Å²) < 4.78 is 36.9. The molecule has 2 fully saturated rings. The topological polar surface area (TPSA) is 118 Å². The van der Waals surface area contributed by atoms with Crippen LogP contribution in [0.4, 0.5) is 0 Å². The first-order valence-corrected chi connectivity index (χ1v) is 11.0. The first-order chi connectivity index (χ1) is 13.4. The van der Waals surface area contributed by atoms with Gasteiger partial charge in [-0.2, -0.15) is 0 Å². The number of hydrogen-bond acceptors (Lipinski definition) is 7. The van der Waals surface area contributed by atoms with Crippen molar-refractivity contribution in [2.45, 2.75) is 43.3 Å². The molecule has 2 aliphatic heterocycles. The zero-order valence-corrected chi connectivity index (χ0v) is 16.8. The van der Waals surface area contributed by atoms with Gasteiger partial charge < -0.3 is 9.47 Å². The molecule has 0 aromatic carbocycles. The number of piperidine rings is 1. The van der Waals surface area contributed by atoms with Gasteiger partial charge >= 0.3 is 0 Å². The second-order valence-corrected chi connectivity index (χ2v) is 9.33. The molecule has 0 spiro atoms. The van der Waals surface area contributed by atoms with Crippen LogP contribution in [0.1, 0.15) is 44.2 Å². The van der Waals surface area contributed by atoms with Gasteiger partial charge in [0.15, 0.2) is 4.75 Å². The molecule has 28 heavy (non-hydrogen) atoms. The number of hydrogen-bond donors (Lipinski definition) is 2. The maximum Gasteiger partial charge on any atom is 0.266 e. The SMILES string of the molecule is CCOc1ccc(C2CCN(S(=O)(=O)C3(C(=O)NO)CCOCC3)CC2)nc1. The van der Waals surface area contributed by atoms with E-state index in [9.17, 15) is 13.2 Å². The predicted octanol–water partition coefficient (Wildman–Crippen LogP) is 1.04. The average Bonchev–Trinajstić information content (AvgIpc) is 2.74. The van der Waals surface area contributed by atoms with Gasteiger partial charge in [0.05, 0.1) is 12.8 Å². The summed E-state index contributed by atoms with van der Waals surface area (Å²) in [5, 5.41) is 9.12. The van der Waals surface area contributed by atoms with E-state index < -0.39 is 20.7 Å². The van der Waals surface area contributed by atoms with E-state index in [-0.39, 0.29) is 32.0 Å². The third-order valence-corrected chi connectivity index (χ3v) is 8.22. The number of nitrogens with zero attached hydrogens (tertiary/aromatic N) is 2. The molecule has 10 heteroatoms. The molecule has 2 N–H and O–H groups in total. The molecule has 0 aliphatic carbocycles. The minimum absolute atomic E-state index is 0.0299. The highest BCUT2D eigenvalue weighted by Crippen LogP contribution is 2.36. The fraction of sp³-hybridized carbons (Fsp3) is 0.667. The molecule has 0 unspecified atom stereocenters. The van der Waals surface area contributed by atoms with Crippen LogP contribution in [-0.4, -0.2) is 66.5 Å². The van der Waals surface area contributed by atoms with Crippen LogP contribution in [-0.2, 0) is 19.6 Å². The number of pyridine rings is 1. The van der Waals surface area contributed by atoms with Gasteiger partial charge in [0.25, 0.3) is 5.91 Å². The van der Waals surface area contributed by atoms with Crippen LogP contribution in [0.5, 0.6) is 5.75 Å². The molecule has 1 amide bonds. The number of rotatable bonds is 6. The summed E-state index contributed by atoms with van der Waals surface area (Å²) in [6.45, 7) is 3.43. The first kappa shape index (κ1) is 21.0. The molecular formula is C18H27N3O6S. The number of sulfonamides is 1. The van der Waals surface area contributed by atoms with E-state index in [1.165, 1.54) is 4.31 Å². The van der Waals surface area contributed by atoms with Gasteiger partial charge in [-0.1, -0.05) is 0 Å². The Balaban J connectivity index is 1.71. The van der Waals surface area contributed by atoms with Crippen LogP contribution < -0.4 is 10.2 Å². The minimum atomic E-state index is -3.94. The smallest absolute Gasteiger partial charge is 0.266 e. The van der Waals surface area contributed by atoms with Gasteiger partial charge in [-0.05, 0) is 31.9 Å². The van der Waals surface area contributed by atoms with Crippen molar-refractivity contribution >= 4 is 15.9 Å². The Kier molecular flexibility index (Phi) is 6.54. The van der Waals surface area contributed by atoms with Crippen molar-refractivity contribution in [3.8, 4) is 5.75 Å². The number of nitrogens with one attached hydrogen (secondary N) is 1. The molecule has 156 valence electrons. The minimum Gasteiger partial charge on any atom is -0.492 e. The third-order valence-electron chi connectivity index (χ3n) is 5.59. The number of ether oxygens (including phenoxy) is 2. The maximum absolute atomic E-state index is 13.3. The Morgan fingerprint density at radius 1 is 1.36 bits per heavy atom. The quantitative estimate of drug-likeness (QED) is 0.528. The van der Waals surface area contributed by atoms with Crippen LogP contribution in [0.3, 0.4) is 0 Å². The molecule has 3 rings (SSSR count). The van der Waals surface area contributed by atoms with Crippen LogP contribution in [0.15, 0.2) is 18.3 Å². The summed E-state index contributed by atoms with van der Waals surface area (Å²) in [5.41, 5.74) is 2.46. The van der Waals surface area contributed by atoms with Crippen LogP contribution >= 0.6 is 0 Å². The Morgan fingerprint density at radius 3 is 2.57 bits per heavy atom. The Hall–Kier alpha value is -1.75. The van der Waals surface area contributed by atoms with E-state index in [1.54, 1.807) is 11.7 Å². The Morgan fingerprint density at radius 2 is 2.04 bits per heavy atom. The number of hydroxylamine groups is 1. The average molecular weight is 413 g/mol. The lowest BCUT2D eigenvalue weighted by molar-refractivity contribution is -0.134. The fourth-order valence-corrected chi connectivity index (χ4v) is 6.08. The van der Waals surface area contributed by atoms with E-state index in [4.69, 9.17) is 14.7 Å². The second kappa shape index (κ2) is 8.73. The summed E-state index contributed by atoms with van der Waals surface area (Å²) in [5.74, 6) is -0.0201. The number of carbonyl (C=O) groups is 1. The molecule has 0 bridgehead atoms. The standard InChI is InChI=1S/C18H27N3O6S/c1-2-27-15-3-4-16(19-13-15)14-5-9-21(10-6-14)28(24,25)18(17(22)20-23)7-11-26-12-8-18/h3-4,13-14,23H,2,5-12H2,1H3,(H,20,22). The highest BCUT2D eigenvalue weighted by molar-refractivity contribution is 7.91. The molecule has 1 aromatic heterocycles. The van der Waals surface area contributed by atoms with Crippen LogP contribution in [0, 0.1) is 0 Å². The predicted molar refractivity (Wildman–Crippen MR) is 101 cm³/mol. The molecule has 0 radical (unpaired) electrons. The number of amides is 1. The van der Waals surface area contributed by atoms with Gasteiger partial charge in [0.1, 0.15) is 5.75 Å². The molecule has 3 heterocycles. The molecule has 2 saturated heterocycles. The lowest BCUT2D eigenvalue weighted by Crippen LogP contribution is -2.60. The van der Waals surface area contributed by atoms with Gasteiger partial charge in [-0.25, -0.2) is 18.2 Å². The maximum atomic E-state index is 13.3. The van der Waals surface area contributed by atoms with E-state index in [0.29, 0.717) is 38.3 Å². The zero-order valence-electron chi connectivity index (χ0n) is 16.0. The van der Waals surface area contributed by atoms with Crippen molar-refractivity contribution in [1.29, 1.82) is 0 Å². The third kappa shape index (κ3) is 3.86. The highest BCUT2D eigenvalue weighted by Gasteiger charge is 2.54. The lowest BCUT2D eigenvalue weighted by Gasteiger charge is -2.40. The normalized spacial score (nSPS) is 21.2. The summed E-state index contributed by atoms with van der Waals surface area (Å²) in [6.07, 6.45) is 2.98. The molecule has 2 aliphatic rings. The van der Waals surface area contributed by atoms with Crippen molar-refractivity contribution in [3.05, 3.63) is 24.0 Å². The number of aromatic nitrogens is 1. The summed E-state index contributed by atoms with van der Waals surface area (Å²) in [7, 11) is -3.94. The summed E-state index contributed by atoms with van der Waals surface area (Å²) >= 11 is 0. The zero-order chi connectivity index (χ0) is 20.2. The molecular weight excluding hydrogens is 386 g/mol.